The van der Waals surface area contributed by atoms with Gasteiger partial charge in [-0.1, -0.05) is 53.8 Å². The Hall–Kier alpha value is -3.49. The number of carbonyl (C=O) groups excluding carboxylic acids is 2. The van der Waals surface area contributed by atoms with E-state index in [9.17, 15) is 14.0 Å². The Bertz CT molecular complexity index is 1310. The molecule has 1 fully saturated rings. The van der Waals surface area contributed by atoms with Crippen LogP contribution >= 0.6 is 24.0 Å². The number of aryl methyl sites for hydroxylation is 2. The maximum atomic E-state index is 13.2. The SMILES string of the molecule is Cc1ccc(NC(=O)COc2cccc(/C=C3\SC(=S)N(c4ccc(F)cc4)C3=O)c2)c(C)c1. The molecule has 3 aromatic rings. The van der Waals surface area contributed by atoms with Crippen molar-refractivity contribution in [3.8, 4) is 5.75 Å². The molecule has 0 unspecified atom stereocenters. The van der Waals surface area contributed by atoms with Crippen molar-refractivity contribution >= 4 is 57.6 Å². The highest BCUT2D eigenvalue weighted by molar-refractivity contribution is 8.27. The molecule has 1 aliphatic rings. The van der Waals surface area contributed by atoms with Gasteiger partial charge >= 0.3 is 0 Å². The van der Waals surface area contributed by atoms with Crippen LogP contribution in [0.1, 0.15) is 16.7 Å². The molecule has 0 saturated carbocycles. The van der Waals surface area contributed by atoms with Crippen LogP contribution in [0, 0.1) is 19.7 Å². The number of ether oxygens (including phenoxy) is 1. The van der Waals surface area contributed by atoms with Gasteiger partial charge < -0.3 is 10.1 Å². The summed E-state index contributed by atoms with van der Waals surface area (Å²) in [7, 11) is 0. The lowest BCUT2D eigenvalue weighted by Gasteiger charge is -2.14. The standard InChI is InChI=1S/C26H21FN2O3S2/c1-16-6-11-22(17(2)12-16)28-24(30)15-32-21-5-3-4-18(13-21)14-23-25(31)29(26(33)34-23)20-9-7-19(27)8-10-20/h3-14H,15H2,1-2H3,(H,28,30)/b23-14-. The van der Waals surface area contributed by atoms with Crippen LogP contribution in [0.25, 0.3) is 6.08 Å². The fourth-order valence-electron chi connectivity index (χ4n) is 3.41. The highest BCUT2D eigenvalue weighted by Crippen LogP contribution is 2.36. The minimum absolute atomic E-state index is 0.149. The van der Waals surface area contributed by atoms with E-state index in [4.69, 9.17) is 17.0 Å². The molecule has 0 spiro atoms. The average molecular weight is 493 g/mol. The van der Waals surface area contributed by atoms with Crippen molar-refractivity contribution in [2.45, 2.75) is 13.8 Å². The van der Waals surface area contributed by atoms with Crippen molar-refractivity contribution in [2.24, 2.45) is 0 Å². The molecule has 172 valence electrons. The molecule has 1 heterocycles. The van der Waals surface area contributed by atoms with E-state index in [1.807, 2.05) is 38.1 Å². The molecule has 3 aromatic carbocycles. The second-order valence-electron chi connectivity index (χ2n) is 7.72. The van der Waals surface area contributed by atoms with Crippen LogP contribution in [0.5, 0.6) is 5.75 Å². The molecule has 0 aromatic heterocycles. The molecule has 5 nitrogen and oxygen atoms in total. The zero-order valence-corrected chi connectivity index (χ0v) is 20.1. The minimum Gasteiger partial charge on any atom is -0.484 e. The van der Waals surface area contributed by atoms with Gasteiger partial charge in [-0.2, -0.15) is 0 Å². The summed E-state index contributed by atoms with van der Waals surface area (Å²) in [5.74, 6) is -0.430. The van der Waals surface area contributed by atoms with Crippen molar-refractivity contribution in [1.82, 2.24) is 0 Å². The maximum absolute atomic E-state index is 13.2. The van der Waals surface area contributed by atoms with Crippen molar-refractivity contribution in [2.75, 3.05) is 16.8 Å². The predicted octanol–water partition coefficient (Wildman–Crippen LogP) is 5.87. The highest BCUT2D eigenvalue weighted by Gasteiger charge is 2.33. The number of benzene rings is 3. The Labute approximate surface area is 206 Å². The Balaban J connectivity index is 1.42. The van der Waals surface area contributed by atoms with Crippen LogP contribution in [0.4, 0.5) is 15.8 Å². The van der Waals surface area contributed by atoms with Crippen molar-refractivity contribution in [3.63, 3.8) is 0 Å². The zero-order chi connectivity index (χ0) is 24.2. The number of anilines is 2. The molecule has 4 rings (SSSR count). The van der Waals surface area contributed by atoms with E-state index in [1.54, 1.807) is 24.3 Å². The molecule has 0 bridgehead atoms. The Morgan fingerprint density at radius 3 is 2.62 bits per heavy atom. The van der Waals surface area contributed by atoms with Crippen molar-refractivity contribution in [1.29, 1.82) is 0 Å². The first kappa shape index (κ1) is 23.7. The van der Waals surface area contributed by atoms with Gasteiger partial charge in [-0.15, -0.1) is 0 Å². The van der Waals surface area contributed by atoms with E-state index < -0.39 is 0 Å². The van der Waals surface area contributed by atoms with Crippen molar-refractivity contribution in [3.05, 3.63) is 94.1 Å². The van der Waals surface area contributed by atoms with Gasteiger partial charge in [0.1, 0.15) is 11.6 Å². The quantitative estimate of drug-likeness (QED) is 0.345. The third-order valence-electron chi connectivity index (χ3n) is 5.06. The van der Waals surface area contributed by atoms with Gasteiger partial charge in [0.15, 0.2) is 10.9 Å². The van der Waals surface area contributed by atoms with E-state index in [2.05, 4.69) is 5.32 Å². The van der Waals surface area contributed by atoms with E-state index in [0.29, 0.717) is 20.7 Å². The summed E-state index contributed by atoms with van der Waals surface area (Å²) in [5.41, 5.74) is 4.09. The second kappa shape index (κ2) is 10.2. The third kappa shape index (κ3) is 5.52. The number of thiocarbonyl (C=S) groups is 1. The van der Waals surface area contributed by atoms with Gasteiger partial charge in [0, 0.05) is 5.69 Å². The summed E-state index contributed by atoms with van der Waals surface area (Å²) in [6.07, 6.45) is 1.71. The largest absolute Gasteiger partial charge is 0.484 e. The molecule has 2 amide bonds. The third-order valence-corrected chi connectivity index (χ3v) is 6.36. The molecule has 1 aliphatic heterocycles. The molecule has 34 heavy (non-hydrogen) atoms. The monoisotopic (exact) mass is 492 g/mol. The van der Waals surface area contributed by atoms with E-state index in [-0.39, 0.29) is 24.2 Å². The lowest BCUT2D eigenvalue weighted by atomic mass is 10.1. The molecule has 0 radical (unpaired) electrons. The van der Waals surface area contributed by atoms with Crippen LogP contribution in [-0.4, -0.2) is 22.7 Å². The van der Waals surface area contributed by atoms with Gasteiger partial charge in [0.2, 0.25) is 0 Å². The number of nitrogens with zero attached hydrogens (tertiary/aromatic N) is 1. The Kier molecular flexibility index (Phi) is 7.09. The summed E-state index contributed by atoms with van der Waals surface area (Å²) in [6, 6.07) is 18.5. The predicted molar refractivity (Wildman–Crippen MR) is 139 cm³/mol. The summed E-state index contributed by atoms with van der Waals surface area (Å²) in [5, 5.41) is 2.85. The zero-order valence-electron chi connectivity index (χ0n) is 18.5. The summed E-state index contributed by atoms with van der Waals surface area (Å²) in [4.78, 5) is 27.0. The number of hydrogen-bond donors (Lipinski definition) is 1. The normalized spacial score (nSPS) is 14.6. The number of thioether (sulfide) groups is 1. The second-order valence-corrected chi connectivity index (χ2v) is 9.40. The Morgan fingerprint density at radius 2 is 1.88 bits per heavy atom. The first-order valence-electron chi connectivity index (χ1n) is 10.4. The first-order valence-corrected chi connectivity index (χ1v) is 11.7. The number of hydrogen-bond acceptors (Lipinski definition) is 5. The fraction of sp³-hybridized carbons (Fsp3) is 0.115. The first-order chi connectivity index (χ1) is 16.3. The lowest BCUT2D eigenvalue weighted by Crippen LogP contribution is -2.27. The molecular weight excluding hydrogens is 471 g/mol. The van der Waals surface area contributed by atoms with Gasteiger partial charge in [-0.05, 0) is 73.5 Å². The average Bonchev–Trinajstić information content (AvgIpc) is 3.08. The maximum Gasteiger partial charge on any atom is 0.270 e. The van der Waals surface area contributed by atoms with Crippen LogP contribution in [0.3, 0.4) is 0 Å². The van der Waals surface area contributed by atoms with Gasteiger partial charge in [-0.25, -0.2) is 4.39 Å². The molecule has 1 saturated heterocycles. The molecular formula is C26H21FN2O3S2. The molecule has 8 heteroatoms. The molecule has 0 aliphatic carbocycles. The van der Waals surface area contributed by atoms with Crippen LogP contribution in [0.2, 0.25) is 0 Å². The van der Waals surface area contributed by atoms with E-state index >= 15 is 0 Å². The number of carbonyl (C=O) groups is 2. The van der Waals surface area contributed by atoms with E-state index in [0.717, 1.165) is 22.4 Å². The van der Waals surface area contributed by atoms with Crippen LogP contribution < -0.4 is 15.0 Å². The van der Waals surface area contributed by atoms with Gasteiger partial charge in [0.05, 0.1) is 10.6 Å². The number of rotatable bonds is 6. The van der Waals surface area contributed by atoms with E-state index in [1.165, 1.54) is 40.9 Å². The highest BCUT2D eigenvalue weighted by atomic mass is 32.2. The van der Waals surface area contributed by atoms with Crippen LogP contribution in [0.15, 0.2) is 71.6 Å². The van der Waals surface area contributed by atoms with Crippen LogP contribution in [-0.2, 0) is 9.59 Å². The lowest BCUT2D eigenvalue weighted by molar-refractivity contribution is -0.118. The number of nitrogens with one attached hydrogen (secondary N) is 1. The molecule has 0 atom stereocenters. The smallest absolute Gasteiger partial charge is 0.270 e. The summed E-state index contributed by atoms with van der Waals surface area (Å²) in [6.45, 7) is 3.78. The van der Waals surface area contributed by atoms with Crippen molar-refractivity contribution < 1.29 is 18.7 Å². The minimum atomic E-state index is -0.385. The number of halogens is 1. The Morgan fingerprint density at radius 1 is 1.12 bits per heavy atom. The molecule has 1 N–H and O–H groups in total. The van der Waals surface area contributed by atoms with Gasteiger partial charge in [-0.3, -0.25) is 14.5 Å². The topological polar surface area (TPSA) is 58.6 Å². The fourth-order valence-corrected chi connectivity index (χ4v) is 4.71. The number of amides is 2. The van der Waals surface area contributed by atoms with Gasteiger partial charge in [0.25, 0.3) is 11.8 Å². The summed E-state index contributed by atoms with van der Waals surface area (Å²) >= 11 is 6.53. The summed E-state index contributed by atoms with van der Waals surface area (Å²) < 4.78 is 19.3.